The Morgan fingerprint density at radius 3 is 2.57 bits per heavy atom. The Balaban J connectivity index is 1.38. The molecule has 0 atom stereocenters. The lowest BCUT2D eigenvalue weighted by Gasteiger charge is -2.31. The minimum atomic E-state index is -0.281. The molecule has 3 aromatic rings. The Bertz CT molecular complexity index is 1340. The molecule has 9 nitrogen and oxygen atoms in total. The fourth-order valence-corrected chi connectivity index (χ4v) is 5.18. The van der Waals surface area contributed by atoms with Gasteiger partial charge in [0.05, 0.1) is 17.6 Å². The molecule has 2 aromatic carbocycles. The molecule has 1 saturated heterocycles. The van der Waals surface area contributed by atoms with Crippen molar-refractivity contribution in [2.75, 3.05) is 51.8 Å². The van der Waals surface area contributed by atoms with Crippen molar-refractivity contribution in [1.29, 1.82) is 0 Å². The number of aliphatic hydroxyl groups is 1. The second-order valence-corrected chi connectivity index (χ2v) is 12.3. The maximum absolute atomic E-state index is 12.3. The number of aliphatic hydroxyl groups excluding tert-OH is 1. The van der Waals surface area contributed by atoms with E-state index in [-0.39, 0.29) is 18.1 Å². The van der Waals surface area contributed by atoms with Gasteiger partial charge in [0.25, 0.3) is 0 Å². The molecule has 0 unspecified atom stereocenters. The number of rotatable bonds is 12. The summed E-state index contributed by atoms with van der Waals surface area (Å²) in [6.07, 6.45) is 5.67. The van der Waals surface area contributed by atoms with Gasteiger partial charge in [0.2, 0.25) is 0 Å². The van der Waals surface area contributed by atoms with E-state index in [1.54, 1.807) is 37.6 Å². The van der Waals surface area contributed by atoms with Gasteiger partial charge in [0.15, 0.2) is 11.5 Å². The van der Waals surface area contributed by atoms with Crippen LogP contribution in [-0.2, 0) is 0 Å². The van der Waals surface area contributed by atoms with Crippen molar-refractivity contribution in [1.82, 2.24) is 15.2 Å². The molecule has 2 amide bonds. The summed E-state index contributed by atoms with van der Waals surface area (Å²) in [5.74, 6) is 2.85. The van der Waals surface area contributed by atoms with Crippen LogP contribution in [0.4, 0.5) is 10.5 Å². The van der Waals surface area contributed by atoms with Crippen LogP contribution in [0.15, 0.2) is 42.6 Å². The first kappa shape index (κ1) is 31.7. The Labute approximate surface area is 253 Å². The van der Waals surface area contributed by atoms with Gasteiger partial charge < -0.3 is 30.0 Å². The maximum Gasteiger partial charge on any atom is 0.319 e. The van der Waals surface area contributed by atoms with Crippen LogP contribution in [0.25, 0.3) is 10.9 Å². The lowest BCUT2D eigenvalue weighted by Crippen LogP contribution is -2.36. The number of hydrogen-bond acceptors (Lipinski definition) is 7. The molecule has 1 aromatic heterocycles. The first-order valence-corrected chi connectivity index (χ1v) is 15.0. The second-order valence-electron chi connectivity index (χ2n) is 11.9. The average molecular weight is 599 g/mol. The minimum Gasteiger partial charge on any atom is -0.493 e. The molecule has 0 radical (unpaired) electrons. The number of methoxy groups -OCH3 is 1. The Kier molecular flexibility index (Phi) is 11.1. The van der Waals surface area contributed by atoms with Crippen molar-refractivity contribution in [3.05, 3.63) is 47.6 Å². The first-order valence-electron chi connectivity index (χ1n) is 14.6. The van der Waals surface area contributed by atoms with Crippen LogP contribution in [0.5, 0.6) is 23.0 Å². The molecule has 4 rings (SSSR count). The van der Waals surface area contributed by atoms with Gasteiger partial charge in [-0.05, 0) is 80.4 Å². The lowest BCUT2D eigenvalue weighted by molar-refractivity contribution is 0.138. The third kappa shape index (κ3) is 9.11. The van der Waals surface area contributed by atoms with E-state index in [0.29, 0.717) is 58.3 Å². The number of hydrogen-bond donors (Lipinski definition) is 3. The fraction of sp³-hybridized carbons (Fsp3) is 0.500. The van der Waals surface area contributed by atoms with Gasteiger partial charge in [0, 0.05) is 43.0 Å². The number of halogens is 1. The normalized spacial score (nSPS) is 14.5. The van der Waals surface area contributed by atoms with Gasteiger partial charge in [-0.3, -0.25) is 9.88 Å². The van der Waals surface area contributed by atoms with Gasteiger partial charge in [-0.15, -0.1) is 0 Å². The van der Waals surface area contributed by atoms with E-state index in [0.717, 1.165) is 50.7 Å². The number of ether oxygens (including phenoxy) is 3. The highest BCUT2D eigenvalue weighted by Crippen LogP contribution is 2.39. The van der Waals surface area contributed by atoms with E-state index < -0.39 is 0 Å². The first-order chi connectivity index (χ1) is 20.1. The molecule has 0 spiro atoms. The van der Waals surface area contributed by atoms with Crippen LogP contribution in [-0.4, -0.2) is 67.5 Å². The summed E-state index contributed by atoms with van der Waals surface area (Å²) >= 11 is 6.53. The molecular formula is C32H43ClN4O5. The number of benzene rings is 2. The molecule has 42 heavy (non-hydrogen) atoms. The maximum atomic E-state index is 12.3. The molecule has 1 fully saturated rings. The smallest absolute Gasteiger partial charge is 0.319 e. The van der Waals surface area contributed by atoms with Crippen molar-refractivity contribution in [2.45, 2.75) is 46.5 Å². The van der Waals surface area contributed by atoms with Crippen molar-refractivity contribution >= 4 is 34.2 Å². The monoisotopic (exact) mass is 598 g/mol. The molecule has 1 aliphatic heterocycles. The van der Waals surface area contributed by atoms with Gasteiger partial charge in [-0.2, -0.15) is 0 Å². The number of piperidine rings is 1. The third-order valence-corrected chi connectivity index (χ3v) is 7.76. The molecule has 0 bridgehead atoms. The molecule has 0 aliphatic carbocycles. The molecule has 1 aliphatic rings. The summed E-state index contributed by atoms with van der Waals surface area (Å²) in [7, 11) is 1.61. The zero-order valence-electron chi connectivity index (χ0n) is 25.0. The predicted octanol–water partition coefficient (Wildman–Crippen LogP) is 6.72. The number of anilines is 1. The predicted molar refractivity (Wildman–Crippen MR) is 167 cm³/mol. The number of fused-ring (bicyclic) bond motifs is 1. The van der Waals surface area contributed by atoms with Crippen LogP contribution < -0.4 is 24.8 Å². The molecule has 228 valence electrons. The van der Waals surface area contributed by atoms with Crippen LogP contribution in [0.3, 0.4) is 0 Å². The number of carbonyl (C=O) groups excluding carboxylic acids is 1. The molecule has 3 N–H and O–H groups in total. The zero-order chi connectivity index (χ0) is 30.1. The highest BCUT2D eigenvalue weighted by Gasteiger charge is 2.19. The summed E-state index contributed by atoms with van der Waals surface area (Å²) in [5, 5.41) is 16.0. The summed E-state index contributed by atoms with van der Waals surface area (Å²) < 4.78 is 18.0. The van der Waals surface area contributed by atoms with E-state index >= 15 is 0 Å². The number of urea groups is 1. The Hall–Kier alpha value is -3.27. The van der Waals surface area contributed by atoms with Crippen molar-refractivity contribution in [3.63, 3.8) is 0 Å². The second kappa shape index (κ2) is 14.8. The topological polar surface area (TPSA) is 105 Å². The van der Waals surface area contributed by atoms with E-state index in [9.17, 15) is 9.90 Å². The van der Waals surface area contributed by atoms with Crippen molar-refractivity contribution in [3.8, 4) is 23.0 Å². The van der Waals surface area contributed by atoms with Crippen molar-refractivity contribution in [2.24, 2.45) is 11.3 Å². The largest absolute Gasteiger partial charge is 0.493 e. The highest BCUT2D eigenvalue weighted by atomic mass is 35.5. The Morgan fingerprint density at radius 2 is 1.88 bits per heavy atom. The quantitative estimate of drug-likeness (QED) is 0.212. The van der Waals surface area contributed by atoms with Crippen LogP contribution in [0.1, 0.15) is 46.5 Å². The SMILES string of the molecule is COc1cc2c(Oc3ccc(NC(=O)NCCC(C)(C)C)cc3Cl)ccnc2cc1OCCN1CCC(CCO)CC1. The Morgan fingerprint density at radius 1 is 1.10 bits per heavy atom. The molecule has 0 saturated carbocycles. The number of aromatic nitrogens is 1. The van der Waals surface area contributed by atoms with Crippen LogP contribution >= 0.6 is 11.6 Å². The number of nitrogens with zero attached hydrogens (tertiary/aromatic N) is 2. The van der Waals surface area contributed by atoms with Gasteiger partial charge in [-0.25, -0.2) is 4.79 Å². The minimum absolute atomic E-state index is 0.143. The summed E-state index contributed by atoms with van der Waals surface area (Å²) in [6.45, 7) is 10.7. The van der Waals surface area contributed by atoms with Crippen LogP contribution in [0, 0.1) is 11.3 Å². The highest BCUT2D eigenvalue weighted by molar-refractivity contribution is 6.32. The molecule has 10 heteroatoms. The van der Waals surface area contributed by atoms with Crippen LogP contribution in [0.2, 0.25) is 5.02 Å². The van der Waals surface area contributed by atoms with Gasteiger partial charge in [0.1, 0.15) is 18.1 Å². The summed E-state index contributed by atoms with van der Waals surface area (Å²) in [5.41, 5.74) is 1.41. The number of likely N-dealkylation sites (tertiary alicyclic amines) is 1. The molecule has 2 heterocycles. The zero-order valence-corrected chi connectivity index (χ0v) is 25.8. The van der Waals surface area contributed by atoms with Gasteiger partial charge in [-0.1, -0.05) is 32.4 Å². The van der Waals surface area contributed by atoms with Crippen molar-refractivity contribution < 1.29 is 24.1 Å². The van der Waals surface area contributed by atoms with Gasteiger partial charge >= 0.3 is 6.03 Å². The van der Waals surface area contributed by atoms with E-state index in [2.05, 4.69) is 41.3 Å². The number of carbonyl (C=O) groups is 1. The standard InChI is InChI=1S/C32H43ClN4O5/c1-32(2,3)11-13-35-31(39)36-23-5-6-28(25(33)19-23)42-27-7-12-34-26-21-30(29(40-4)20-24(26)27)41-18-16-37-14-8-22(9-15-37)10-17-38/h5-7,12,19-22,38H,8-11,13-18H2,1-4H3,(H2,35,36,39). The number of amides is 2. The molecular weight excluding hydrogens is 556 g/mol. The van der Waals surface area contributed by atoms with E-state index in [1.807, 2.05) is 12.1 Å². The fourth-order valence-electron chi connectivity index (χ4n) is 4.96. The van der Waals surface area contributed by atoms with E-state index in [1.165, 1.54) is 0 Å². The summed E-state index contributed by atoms with van der Waals surface area (Å²) in [6, 6.07) is 10.3. The number of nitrogens with one attached hydrogen (secondary N) is 2. The third-order valence-electron chi connectivity index (χ3n) is 7.47. The lowest BCUT2D eigenvalue weighted by atomic mass is 9.92. The summed E-state index contributed by atoms with van der Waals surface area (Å²) in [4.78, 5) is 19.2. The number of pyridine rings is 1. The van der Waals surface area contributed by atoms with E-state index in [4.69, 9.17) is 25.8 Å². The average Bonchev–Trinajstić information content (AvgIpc) is 2.94.